The summed E-state index contributed by atoms with van der Waals surface area (Å²) >= 11 is 3.19. The van der Waals surface area contributed by atoms with Crippen molar-refractivity contribution in [3.63, 3.8) is 0 Å². The van der Waals surface area contributed by atoms with E-state index >= 15 is 0 Å². The third-order valence-electron chi connectivity index (χ3n) is 2.71. The number of benzene rings is 2. The number of rotatable bonds is 3. The molecule has 0 fully saturated rings. The van der Waals surface area contributed by atoms with Gasteiger partial charge in [-0.25, -0.2) is 4.39 Å². The van der Waals surface area contributed by atoms with Crippen molar-refractivity contribution in [1.82, 2.24) is 0 Å². The van der Waals surface area contributed by atoms with Crippen molar-refractivity contribution in [2.45, 2.75) is 0 Å². The molecule has 4 nitrogen and oxygen atoms in total. The SMILES string of the molecule is CN(c1ccccc1F)c1ccc(Br)cc1[N+](=O)[O-]. The van der Waals surface area contributed by atoms with E-state index in [2.05, 4.69) is 15.9 Å². The molecule has 0 bridgehead atoms. The fourth-order valence-electron chi connectivity index (χ4n) is 1.78. The topological polar surface area (TPSA) is 46.4 Å². The Morgan fingerprint density at radius 2 is 1.89 bits per heavy atom. The molecule has 19 heavy (non-hydrogen) atoms. The van der Waals surface area contributed by atoms with Gasteiger partial charge in [0.25, 0.3) is 5.69 Å². The molecule has 0 saturated heterocycles. The van der Waals surface area contributed by atoms with Crippen LogP contribution in [0.5, 0.6) is 0 Å². The Morgan fingerprint density at radius 1 is 1.21 bits per heavy atom. The molecule has 98 valence electrons. The lowest BCUT2D eigenvalue weighted by Crippen LogP contribution is -2.13. The van der Waals surface area contributed by atoms with Gasteiger partial charge >= 0.3 is 0 Å². The summed E-state index contributed by atoms with van der Waals surface area (Å²) in [7, 11) is 1.59. The van der Waals surface area contributed by atoms with E-state index in [1.54, 1.807) is 37.4 Å². The molecule has 0 heterocycles. The lowest BCUT2D eigenvalue weighted by atomic mass is 10.2. The lowest BCUT2D eigenvalue weighted by Gasteiger charge is -2.19. The van der Waals surface area contributed by atoms with Crippen LogP contribution in [0, 0.1) is 15.9 Å². The Labute approximate surface area is 117 Å². The van der Waals surface area contributed by atoms with E-state index < -0.39 is 10.7 Å². The van der Waals surface area contributed by atoms with Crippen molar-refractivity contribution in [2.24, 2.45) is 0 Å². The Kier molecular flexibility index (Phi) is 3.80. The first-order valence-electron chi connectivity index (χ1n) is 5.43. The fraction of sp³-hybridized carbons (Fsp3) is 0.0769. The maximum Gasteiger partial charge on any atom is 0.293 e. The van der Waals surface area contributed by atoms with Crippen LogP contribution in [0.3, 0.4) is 0 Å². The molecule has 0 aliphatic rings. The first kappa shape index (κ1) is 13.5. The second-order valence-electron chi connectivity index (χ2n) is 3.90. The molecular formula is C13H10BrFN2O2. The van der Waals surface area contributed by atoms with Gasteiger partial charge in [-0.3, -0.25) is 10.1 Å². The van der Waals surface area contributed by atoms with Crippen LogP contribution in [0.15, 0.2) is 46.9 Å². The first-order valence-corrected chi connectivity index (χ1v) is 6.22. The van der Waals surface area contributed by atoms with Gasteiger partial charge in [0.2, 0.25) is 0 Å². The minimum atomic E-state index is -0.489. The molecule has 0 aliphatic heterocycles. The summed E-state index contributed by atoms with van der Waals surface area (Å²) in [6, 6.07) is 10.8. The van der Waals surface area contributed by atoms with Crippen molar-refractivity contribution in [3.05, 3.63) is 62.9 Å². The van der Waals surface area contributed by atoms with Crippen molar-refractivity contribution in [1.29, 1.82) is 0 Å². The molecular weight excluding hydrogens is 315 g/mol. The van der Waals surface area contributed by atoms with Crippen LogP contribution in [0.4, 0.5) is 21.5 Å². The normalized spacial score (nSPS) is 10.3. The molecule has 0 spiro atoms. The molecule has 0 saturated carbocycles. The van der Waals surface area contributed by atoms with Crippen molar-refractivity contribution < 1.29 is 9.31 Å². The number of nitro benzene ring substituents is 1. The Hall–Kier alpha value is -1.95. The molecule has 2 rings (SSSR count). The summed E-state index contributed by atoms with van der Waals surface area (Å²) in [6.45, 7) is 0. The Morgan fingerprint density at radius 3 is 2.53 bits per heavy atom. The van der Waals surface area contributed by atoms with E-state index in [0.29, 0.717) is 10.2 Å². The van der Waals surface area contributed by atoms with Crippen molar-refractivity contribution >= 4 is 33.0 Å². The first-order chi connectivity index (χ1) is 9.00. The monoisotopic (exact) mass is 324 g/mol. The zero-order valence-corrected chi connectivity index (χ0v) is 11.6. The van der Waals surface area contributed by atoms with E-state index in [9.17, 15) is 14.5 Å². The van der Waals surface area contributed by atoms with Gasteiger partial charge in [0.05, 0.1) is 10.6 Å². The van der Waals surface area contributed by atoms with Gasteiger partial charge in [0.15, 0.2) is 0 Å². The van der Waals surface area contributed by atoms with E-state index in [0.717, 1.165) is 0 Å². The molecule has 2 aromatic carbocycles. The highest BCUT2D eigenvalue weighted by Gasteiger charge is 2.20. The standard InChI is InChI=1S/C13H10BrFN2O2/c1-16(11-5-3-2-4-10(11)15)12-7-6-9(14)8-13(12)17(18)19/h2-8H,1H3. The zero-order valence-electron chi connectivity index (χ0n) is 10.0. The van der Waals surface area contributed by atoms with Crippen LogP contribution in [-0.4, -0.2) is 12.0 Å². The summed E-state index contributed by atoms with van der Waals surface area (Å²) in [5, 5.41) is 11.1. The van der Waals surface area contributed by atoms with Gasteiger partial charge in [-0.1, -0.05) is 28.1 Å². The number of nitrogens with zero attached hydrogens (tertiary/aromatic N) is 2. The van der Waals surface area contributed by atoms with Gasteiger partial charge in [-0.05, 0) is 24.3 Å². The number of halogens is 2. The van der Waals surface area contributed by atoms with E-state index in [1.165, 1.54) is 17.0 Å². The predicted octanol–water partition coefficient (Wildman–Crippen LogP) is 4.26. The lowest BCUT2D eigenvalue weighted by molar-refractivity contribution is -0.384. The average Bonchev–Trinajstić information content (AvgIpc) is 2.38. The van der Waals surface area contributed by atoms with Gasteiger partial charge in [-0.2, -0.15) is 0 Å². The van der Waals surface area contributed by atoms with Gasteiger partial charge in [0.1, 0.15) is 11.5 Å². The Bertz CT molecular complexity index is 634. The molecule has 0 aromatic heterocycles. The van der Waals surface area contributed by atoms with E-state index in [1.807, 2.05) is 0 Å². The number of para-hydroxylation sites is 1. The minimum Gasteiger partial charge on any atom is -0.337 e. The second-order valence-corrected chi connectivity index (χ2v) is 4.82. The molecule has 2 aromatic rings. The fourth-order valence-corrected chi connectivity index (χ4v) is 2.13. The number of anilines is 2. The van der Waals surface area contributed by atoms with Gasteiger partial charge in [-0.15, -0.1) is 0 Å². The van der Waals surface area contributed by atoms with Crippen LogP contribution >= 0.6 is 15.9 Å². The van der Waals surface area contributed by atoms with E-state index in [-0.39, 0.29) is 11.4 Å². The third kappa shape index (κ3) is 2.73. The largest absolute Gasteiger partial charge is 0.337 e. The molecule has 0 unspecified atom stereocenters. The second kappa shape index (κ2) is 5.36. The zero-order chi connectivity index (χ0) is 14.0. The smallest absolute Gasteiger partial charge is 0.293 e. The minimum absolute atomic E-state index is 0.0832. The molecule has 0 radical (unpaired) electrons. The highest BCUT2D eigenvalue weighted by molar-refractivity contribution is 9.10. The van der Waals surface area contributed by atoms with Gasteiger partial charge in [0, 0.05) is 17.6 Å². The summed E-state index contributed by atoms with van der Waals surface area (Å²) in [4.78, 5) is 12.0. The summed E-state index contributed by atoms with van der Waals surface area (Å²) in [5.74, 6) is -0.429. The molecule has 6 heteroatoms. The van der Waals surface area contributed by atoms with Crippen LogP contribution < -0.4 is 4.90 Å². The van der Waals surface area contributed by atoms with E-state index in [4.69, 9.17) is 0 Å². The van der Waals surface area contributed by atoms with Crippen LogP contribution in [0.25, 0.3) is 0 Å². The predicted molar refractivity (Wildman–Crippen MR) is 75.3 cm³/mol. The quantitative estimate of drug-likeness (QED) is 0.625. The van der Waals surface area contributed by atoms with Crippen LogP contribution in [0.1, 0.15) is 0 Å². The highest BCUT2D eigenvalue weighted by atomic mass is 79.9. The summed E-state index contributed by atoms with van der Waals surface area (Å²) in [6.07, 6.45) is 0. The molecule has 0 amide bonds. The van der Waals surface area contributed by atoms with Gasteiger partial charge < -0.3 is 4.90 Å². The maximum atomic E-state index is 13.7. The number of nitro groups is 1. The number of hydrogen-bond acceptors (Lipinski definition) is 3. The maximum absolute atomic E-state index is 13.7. The third-order valence-corrected chi connectivity index (χ3v) is 3.20. The van der Waals surface area contributed by atoms with Crippen molar-refractivity contribution in [3.8, 4) is 0 Å². The molecule has 0 N–H and O–H groups in total. The number of hydrogen-bond donors (Lipinski definition) is 0. The van der Waals surface area contributed by atoms with Crippen LogP contribution in [0.2, 0.25) is 0 Å². The molecule has 0 aliphatic carbocycles. The highest BCUT2D eigenvalue weighted by Crippen LogP contribution is 2.35. The average molecular weight is 325 g/mol. The Balaban J connectivity index is 2.53. The molecule has 0 atom stereocenters. The van der Waals surface area contributed by atoms with Crippen molar-refractivity contribution in [2.75, 3.05) is 11.9 Å². The van der Waals surface area contributed by atoms with Crippen LogP contribution in [-0.2, 0) is 0 Å². The summed E-state index contributed by atoms with van der Waals surface area (Å²) in [5.41, 5.74) is 0.534. The summed E-state index contributed by atoms with van der Waals surface area (Å²) < 4.78 is 14.3.